The lowest BCUT2D eigenvalue weighted by molar-refractivity contribution is -0.00172. The van der Waals surface area contributed by atoms with Gasteiger partial charge in [0.2, 0.25) is 0 Å². The molecule has 0 bridgehead atoms. The van der Waals surface area contributed by atoms with Gasteiger partial charge in [0.25, 0.3) is 0 Å². The average molecular weight is 468 g/mol. The standard InChI is InChI=1S/C24H33N7O3/c1-16-22(17-12-21(33-5)20-6-7-25-30(20)15-17)26-27-31(16)19-13-18(14-19)28-8-10-29(11-9-28)23(32)34-24(2,3)4/h6-7,12,15,18-19H,8-11,13-14H2,1-5H3. The van der Waals surface area contributed by atoms with Gasteiger partial charge in [-0.2, -0.15) is 5.10 Å². The van der Waals surface area contributed by atoms with Crippen LogP contribution in [-0.2, 0) is 4.74 Å². The molecule has 0 spiro atoms. The lowest BCUT2D eigenvalue weighted by Gasteiger charge is -2.46. The molecule has 3 aromatic rings. The van der Waals surface area contributed by atoms with Crippen molar-refractivity contribution in [3.63, 3.8) is 0 Å². The van der Waals surface area contributed by atoms with Gasteiger partial charge >= 0.3 is 6.09 Å². The number of ether oxygens (including phenoxy) is 2. The van der Waals surface area contributed by atoms with E-state index < -0.39 is 5.60 Å². The van der Waals surface area contributed by atoms with Gasteiger partial charge in [0, 0.05) is 44.0 Å². The Labute approximate surface area is 199 Å². The van der Waals surface area contributed by atoms with Crippen molar-refractivity contribution in [2.45, 2.75) is 58.2 Å². The Bertz CT molecular complexity index is 1180. The molecule has 2 fully saturated rings. The molecule has 34 heavy (non-hydrogen) atoms. The number of carbonyl (C=O) groups excluding carboxylic acids is 1. The van der Waals surface area contributed by atoms with Crippen LogP contribution in [0, 0.1) is 6.92 Å². The van der Waals surface area contributed by atoms with Crippen molar-refractivity contribution in [1.82, 2.24) is 34.4 Å². The van der Waals surface area contributed by atoms with Gasteiger partial charge in [-0.05, 0) is 52.7 Å². The highest BCUT2D eigenvalue weighted by atomic mass is 16.6. The van der Waals surface area contributed by atoms with Crippen molar-refractivity contribution in [3.05, 3.63) is 30.2 Å². The fraction of sp³-hybridized carbons (Fsp3) is 0.583. The molecule has 0 radical (unpaired) electrons. The number of rotatable bonds is 4. The molecule has 0 atom stereocenters. The first-order chi connectivity index (χ1) is 16.2. The van der Waals surface area contributed by atoms with E-state index in [-0.39, 0.29) is 6.09 Å². The SMILES string of the molecule is COc1cc(-c2nnn(C3CC(N4CCN(C(=O)OC(C)(C)C)CC4)C3)c2C)cn2nccc12. The first-order valence-electron chi connectivity index (χ1n) is 11.9. The molecule has 1 aliphatic carbocycles. The van der Waals surface area contributed by atoms with Crippen molar-refractivity contribution < 1.29 is 14.3 Å². The van der Waals surface area contributed by atoms with Crippen LogP contribution in [0.3, 0.4) is 0 Å². The second-order valence-electron chi connectivity index (χ2n) is 10.2. The number of hydrogen-bond acceptors (Lipinski definition) is 7. The number of fused-ring (bicyclic) bond motifs is 1. The Morgan fingerprint density at radius 3 is 2.53 bits per heavy atom. The van der Waals surface area contributed by atoms with Gasteiger partial charge in [0.05, 0.1) is 25.0 Å². The molecule has 1 amide bonds. The van der Waals surface area contributed by atoms with E-state index in [0.717, 1.165) is 54.1 Å². The van der Waals surface area contributed by atoms with E-state index in [9.17, 15) is 4.79 Å². The third-order valence-corrected chi connectivity index (χ3v) is 6.81. The maximum Gasteiger partial charge on any atom is 0.410 e. The molecule has 10 heteroatoms. The topological polar surface area (TPSA) is 90.0 Å². The molecule has 5 rings (SSSR count). The van der Waals surface area contributed by atoms with E-state index in [1.807, 2.05) is 48.5 Å². The van der Waals surface area contributed by atoms with Crippen LogP contribution in [0.2, 0.25) is 0 Å². The van der Waals surface area contributed by atoms with Crippen molar-refractivity contribution in [2.24, 2.45) is 0 Å². The molecule has 0 unspecified atom stereocenters. The lowest BCUT2D eigenvalue weighted by Crippen LogP contribution is -2.55. The van der Waals surface area contributed by atoms with Gasteiger partial charge in [-0.25, -0.2) is 14.0 Å². The molecule has 1 saturated heterocycles. The summed E-state index contributed by atoms with van der Waals surface area (Å²) >= 11 is 0. The van der Waals surface area contributed by atoms with Crippen LogP contribution in [0.5, 0.6) is 5.75 Å². The molecule has 3 aromatic heterocycles. The lowest BCUT2D eigenvalue weighted by atomic mass is 9.85. The molecule has 2 aliphatic rings. The highest BCUT2D eigenvalue weighted by molar-refractivity contribution is 5.70. The van der Waals surface area contributed by atoms with Gasteiger partial charge in [0.15, 0.2) is 0 Å². The zero-order valence-corrected chi connectivity index (χ0v) is 20.6. The van der Waals surface area contributed by atoms with E-state index in [1.165, 1.54) is 0 Å². The predicted octanol–water partition coefficient (Wildman–Crippen LogP) is 3.17. The minimum absolute atomic E-state index is 0.214. The zero-order valence-electron chi connectivity index (χ0n) is 20.6. The molecule has 10 nitrogen and oxygen atoms in total. The maximum absolute atomic E-state index is 12.3. The summed E-state index contributed by atoms with van der Waals surface area (Å²) in [5.41, 5.74) is 3.30. The number of pyridine rings is 1. The molecular weight excluding hydrogens is 434 g/mol. The minimum atomic E-state index is -0.459. The van der Waals surface area contributed by atoms with Crippen LogP contribution in [0.4, 0.5) is 4.79 Å². The first-order valence-corrected chi connectivity index (χ1v) is 11.9. The van der Waals surface area contributed by atoms with E-state index in [4.69, 9.17) is 9.47 Å². The molecule has 0 N–H and O–H groups in total. The second kappa shape index (κ2) is 8.57. The summed E-state index contributed by atoms with van der Waals surface area (Å²) in [6.07, 6.45) is 5.59. The summed E-state index contributed by atoms with van der Waals surface area (Å²) in [6.45, 7) is 10.9. The molecule has 0 aromatic carbocycles. The fourth-order valence-electron chi connectivity index (χ4n) is 4.90. The number of nitrogens with zero attached hydrogens (tertiary/aromatic N) is 7. The highest BCUT2D eigenvalue weighted by Gasteiger charge is 2.38. The van der Waals surface area contributed by atoms with Crippen LogP contribution in [0.25, 0.3) is 16.8 Å². The van der Waals surface area contributed by atoms with Gasteiger partial charge in [-0.3, -0.25) is 4.90 Å². The van der Waals surface area contributed by atoms with Gasteiger partial charge in [-0.15, -0.1) is 5.10 Å². The van der Waals surface area contributed by atoms with Crippen molar-refractivity contribution >= 4 is 11.6 Å². The Kier molecular flexibility index (Phi) is 5.71. The predicted molar refractivity (Wildman–Crippen MR) is 127 cm³/mol. The summed E-state index contributed by atoms with van der Waals surface area (Å²) in [6, 6.07) is 4.77. The van der Waals surface area contributed by atoms with Crippen LogP contribution < -0.4 is 4.74 Å². The average Bonchev–Trinajstić information content (AvgIpc) is 3.38. The monoisotopic (exact) mass is 467 g/mol. The summed E-state index contributed by atoms with van der Waals surface area (Å²) in [4.78, 5) is 16.6. The van der Waals surface area contributed by atoms with Gasteiger partial charge in [-0.1, -0.05) is 5.21 Å². The third-order valence-electron chi connectivity index (χ3n) is 6.81. The molecule has 182 valence electrons. The molecular formula is C24H33N7O3. The summed E-state index contributed by atoms with van der Waals surface area (Å²) < 4.78 is 14.9. The van der Waals surface area contributed by atoms with Gasteiger partial charge < -0.3 is 14.4 Å². The fourth-order valence-corrected chi connectivity index (χ4v) is 4.90. The van der Waals surface area contributed by atoms with Crippen LogP contribution in [-0.4, -0.2) is 85.4 Å². The minimum Gasteiger partial charge on any atom is -0.494 e. The van der Waals surface area contributed by atoms with Crippen LogP contribution in [0.1, 0.15) is 45.3 Å². The molecule has 1 saturated carbocycles. The number of carbonyl (C=O) groups is 1. The number of hydrogen-bond donors (Lipinski definition) is 0. The van der Waals surface area contributed by atoms with Crippen molar-refractivity contribution in [2.75, 3.05) is 33.3 Å². The summed E-state index contributed by atoms with van der Waals surface area (Å²) in [5, 5.41) is 13.3. The Balaban J connectivity index is 1.21. The van der Waals surface area contributed by atoms with Crippen LogP contribution in [0.15, 0.2) is 24.5 Å². The third kappa shape index (κ3) is 4.22. The second-order valence-corrected chi connectivity index (χ2v) is 10.2. The molecule has 1 aliphatic heterocycles. The highest BCUT2D eigenvalue weighted by Crippen LogP contribution is 2.38. The number of piperazine rings is 1. The van der Waals surface area contributed by atoms with Crippen molar-refractivity contribution in [1.29, 1.82) is 0 Å². The van der Waals surface area contributed by atoms with E-state index >= 15 is 0 Å². The van der Waals surface area contributed by atoms with E-state index in [2.05, 4.69) is 31.9 Å². The van der Waals surface area contributed by atoms with Gasteiger partial charge in [0.1, 0.15) is 22.6 Å². The Morgan fingerprint density at radius 1 is 1.12 bits per heavy atom. The van der Waals surface area contributed by atoms with E-state index in [0.29, 0.717) is 25.2 Å². The normalized spacial score (nSPS) is 21.5. The first kappa shape index (κ1) is 22.6. The number of aromatic nitrogens is 5. The number of amides is 1. The van der Waals surface area contributed by atoms with E-state index in [1.54, 1.807) is 13.3 Å². The summed E-state index contributed by atoms with van der Waals surface area (Å²) in [5.74, 6) is 0.762. The number of methoxy groups -OCH3 is 1. The molecule has 4 heterocycles. The smallest absolute Gasteiger partial charge is 0.410 e. The van der Waals surface area contributed by atoms with Crippen molar-refractivity contribution in [3.8, 4) is 17.0 Å². The summed E-state index contributed by atoms with van der Waals surface area (Å²) in [7, 11) is 1.66. The maximum atomic E-state index is 12.3. The quantitative estimate of drug-likeness (QED) is 0.582. The zero-order chi connectivity index (χ0) is 24.0. The largest absolute Gasteiger partial charge is 0.494 e. The van der Waals surface area contributed by atoms with Crippen LogP contribution >= 0.6 is 0 Å². The Hall–Kier alpha value is -3.14. The Morgan fingerprint density at radius 2 is 1.85 bits per heavy atom.